The number of fused-ring (bicyclic) bond motifs is 2. The molecular formula is C27H40N2O5S. The number of rotatable bonds is 10. The number of aliphatic hydroxyl groups excluding tert-OH is 1. The summed E-state index contributed by atoms with van der Waals surface area (Å²) < 4.78 is 4.19. The van der Waals surface area contributed by atoms with Crippen molar-refractivity contribution in [2.45, 2.75) is 80.7 Å². The molecule has 1 spiro atoms. The van der Waals surface area contributed by atoms with E-state index in [2.05, 4.69) is 19.1 Å². The second kappa shape index (κ2) is 11.1. The Kier molecular flexibility index (Phi) is 8.31. The lowest BCUT2D eigenvalue weighted by molar-refractivity contribution is -0.154. The highest BCUT2D eigenvalue weighted by molar-refractivity contribution is 8.02. The first-order chi connectivity index (χ1) is 16.9. The highest BCUT2D eigenvalue weighted by Gasteiger charge is 2.73. The van der Waals surface area contributed by atoms with Crippen LogP contribution in [0.5, 0.6) is 0 Å². The van der Waals surface area contributed by atoms with Crippen molar-refractivity contribution in [2.75, 3.05) is 32.8 Å². The van der Waals surface area contributed by atoms with Gasteiger partial charge in [0.1, 0.15) is 6.04 Å². The van der Waals surface area contributed by atoms with Crippen LogP contribution < -0.4 is 0 Å². The average Bonchev–Trinajstić information content (AvgIpc) is 3.14. The van der Waals surface area contributed by atoms with E-state index in [4.69, 9.17) is 9.84 Å². The fourth-order valence-corrected chi connectivity index (χ4v) is 8.43. The van der Waals surface area contributed by atoms with Crippen molar-refractivity contribution in [1.82, 2.24) is 9.80 Å². The largest absolute Gasteiger partial charge is 0.465 e. The number of unbranched alkanes of at least 4 members (excludes halogenated alkanes) is 5. The van der Waals surface area contributed by atoms with Crippen molar-refractivity contribution in [2.24, 2.45) is 11.8 Å². The third kappa shape index (κ3) is 4.80. The van der Waals surface area contributed by atoms with Gasteiger partial charge in [-0.05, 0) is 32.6 Å². The number of likely N-dealkylation sites (tertiary alicyclic amines) is 1. The third-order valence-corrected chi connectivity index (χ3v) is 9.74. The molecule has 4 rings (SSSR count). The molecule has 4 aliphatic heterocycles. The van der Waals surface area contributed by atoms with Crippen molar-refractivity contribution in [3.05, 3.63) is 24.3 Å². The van der Waals surface area contributed by atoms with Gasteiger partial charge in [0.05, 0.1) is 23.2 Å². The fourth-order valence-electron chi connectivity index (χ4n) is 6.28. The van der Waals surface area contributed by atoms with Crippen LogP contribution in [0, 0.1) is 11.8 Å². The lowest BCUT2D eigenvalue weighted by Crippen LogP contribution is -2.53. The zero-order valence-corrected chi connectivity index (χ0v) is 21.9. The summed E-state index contributed by atoms with van der Waals surface area (Å²) in [5.74, 6) is -1.67. The number of cyclic esters (lactones) is 1. The van der Waals surface area contributed by atoms with Crippen LogP contribution in [0.1, 0.15) is 65.2 Å². The second-order valence-corrected chi connectivity index (χ2v) is 12.2. The molecule has 5 atom stereocenters. The fraction of sp³-hybridized carbons (Fsp3) is 0.741. The van der Waals surface area contributed by atoms with Gasteiger partial charge in [-0.25, -0.2) is 0 Å². The molecule has 8 heteroatoms. The Hall–Kier alpha value is -1.80. The standard InChI is InChI=1S/C27H40N2O5S/c1-3-4-8-15-28-16-12-14-27-20(21-25(33)34-19-11-7-13-26(21,2)35-27)23(31)29(22(27)24(28)32)17-9-5-6-10-18-30/h7,12-14,20-22,30H,3-6,8-11,15-19H2,1-2H3/t20-,21-,22?,26+,27-/m0/s1. The van der Waals surface area contributed by atoms with E-state index in [9.17, 15) is 14.4 Å². The number of esters is 1. The average molecular weight is 505 g/mol. The summed E-state index contributed by atoms with van der Waals surface area (Å²) in [5, 5.41) is 9.09. The summed E-state index contributed by atoms with van der Waals surface area (Å²) in [7, 11) is 0. The molecule has 0 aliphatic carbocycles. The van der Waals surface area contributed by atoms with Gasteiger partial charge in [-0.1, -0.05) is 56.9 Å². The Labute approximate surface area is 213 Å². The molecular weight excluding hydrogens is 464 g/mol. The molecule has 2 amide bonds. The maximum Gasteiger partial charge on any atom is 0.311 e. The maximum atomic E-state index is 14.1. The van der Waals surface area contributed by atoms with Crippen LogP contribution in [-0.2, 0) is 19.1 Å². The number of thioether (sulfide) groups is 1. The summed E-state index contributed by atoms with van der Waals surface area (Å²) >= 11 is 1.61. The molecule has 1 unspecified atom stereocenters. The van der Waals surface area contributed by atoms with Crippen LogP contribution in [0.25, 0.3) is 0 Å². The molecule has 2 saturated heterocycles. The molecule has 0 saturated carbocycles. The Bertz CT molecular complexity index is 876. The third-order valence-electron chi connectivity index (χ3n) is 7.94. The number of carbonyl (C=O) groups is 3. The van der Waals surface area contributed by atoms with Gasteiger partial charge >= 0.3 is 5.97 Å². The van der Waals surface area contributed by atoms with Gasteiger partial charge in [0.2, 0.25) is 11.8 Å². The van der Waals surface area contributed by atoms with Gasteiger partial charge in [-0.2, -0.15) is 0 Å². The Morgan fingerprint density at radius 3 is 2.54 bits per heavy atom. The van der Waals surface area contributed by atoms with Gasteiger partial charge in [-0.3, -0.25) is 14.4 Å². The molecule has 1 N–H and O–H groups in total. The van der Waals surface area contributed by atoms with E-state index in [1.807, 2.05) is 24.0 Å². The van der Waals surface area contributed by atoms with E-state index >= 15 is 0 Å². The lowest BCUT2D eigenvalue weighted by atomic mass is 9.74. The van der Waals surface area contributed by atoms with E-state index in [1.165, 1.54) is 0 Å². The molecule has 0 radical (unpaired) electrons. The van der Waals surface area contributed by atoms with Crippen molar-refractivity contribution < 1.29 is 24.2 Å². The number of amides is 2. The zero-order valence-electron chi connectivity index (χ0n) is 21.1. The lowest BCUT2D eigenvalue weighted by Gasteiger charge is -2.37. The van der Waals surface area contributed by atoms with E-state index in [0.29, 0.717) is 32.7 Å². The second-order valence-electron chi connectivity index (χ2n) is 10.4. The first kappa shape index (κ1) is 26.3. The summed E-state index contributed by atoms with van der Waals surface area (Å²) in [6.07, 6.45) is 15.3. The Morgan fingerprint density at radius 2 is 1.77 bits per heavy atom. The summed E-state index contributed by atoms with van der Waals surface area (Å²) in [4.78, 5) is 45.1. The van der Waals surface area contributed by atoms with E-state index in [0.717, 1.165) is 44.9 Å². The molecule has 4 heterocycles. The van der Waals surface area contributed by atoms with Crippen LogP contribution in [0.15, 0.2) is 24.3 Å². The molecule has 0 aromatic rings. The van der Waals surface area contributed by atoms with Crippen molar-refractivity contribution in [3.8, 4) is 0 Å². The van der Waals surface area contributed by atoms with Crippen molar-refractivity contribution in [3.63, 3.8) is 0 Å². The quantitative estimate of drug-likeness (QED) is 0.279. The van der Waals surface area contributed by atoms with E-state index < -0.39 is 27.4 Å². The predicted molar refractivity (Wildman–Crippen MR) is 137 cm³/mol. The monoisotopic (exact) mass is 504 g/mol. The summed E-state index contributed by atoms with van der Waals surface area (Å²) in [6, 6.07) is -0.616. The minimum absolute atomic E-state index is 0.0000279. The van der Waals surface area contributed by atoms with Crippen molar-refractivity contribution in [1.29, 1.82) is 0 Å². The molecule has 35 heavy (non-hydrogen) atoms. The molecule has 0 bridgehead atoms. The molecule has 4 aliphatic rings. The van der Waals surface area contributed by atoms with Gasteiger partial charge < -0.3 is 19.6 Å². The minimum atomic E-state index is -0.786. The first-order valence-corrected chi connectivity index (χ1v) is 14.1. The van der Waals surface area contributed by atoms with E-state index in [1.54, 1.807) is 16.7 Å². The molecule has 0 aromatic heterocycles. The van der Waals surface area contributed by atoms with Gasteiger partial charge in [0.15, 0.2) is 0 Å². The van der Waals surface area contributed by atoms with Crippen LogP contribution in [-0.4, -0.2) is 81.1 Å². The van der Waals surface area contributed by atoms with Crippen LogP contribution >= 0.6 is 11.8 Å². The Morgan fingerprint density at radius 1 is 1.00 bits per heavy atom. The molecule has 0 aromatic carbocycles. The van der Waals surface area contributed by atoms with Crippen LogP contribution in [0.2, 0.25) is 0 Å². The highest BCUT2D eigenvalue weighted by atomic mass is 32.2. The number of carbonyl (C=O) groups excluding carboxylic acids is 3. The number of aliphatic hydroxyl groups is 1. The van der Waals surface area contributed by atoms with Crippen LogP contribution in [0.3, 0.4) is 0 Å². The van der Waals surface area contributed by atoms with E-state index in [-0.39, 0.29) is 24.4 Å². The summed E-state index contributed by atoms with van der Waals surface area (Å²) in [5.41, 5.74) is 0. The molecule has 194 valence electrons. The Balaban J connectivity index is 1.70. The number of hydrogen-bond acceptors (Lipinski definition) is 6. The van der Waals surface area contributed by atoms with Gasteiger partial charge in [-0.15, -0.1) is 11.8 Å². The normalized spacial score (nSPS) is 34.3. The van der Waals surface area contributed by atoms with Gasteiger partial charge in [0.25, 0.3) is 0 Å². The van der Waals surface area contributed by atoms with Gasteiger partial charge in [0, 0.05) is 31.0 Å². The predicted octanol–water partition coefficient (Wildman–Crippen LogP) is 3.32. The SMILES string of the molecule is CCCCCN1CC=C[C@]23S[C@]4(C)C=CCCOC(=O)[C@@H]4[C@H]2C(=O)N(CCCCCCO)C3C1=O. The topological polar surface area (TPSA) is 87.2 Å². The summed E-state index contributed by atoms with van der Waals surface area (Å²) in [6.45, 7) is 6.35. The zero-order chi connectivity index (χ0) is 25.1. The highest BCUT2D eigenvalue weighted by Crippen LogP contribution is 2.65. The van der Waals surface area contributed by atoms with Crippen molar-refractivity contribution >= 4 is 29.5 Å². The molecule has 2 fully saturated rings. The number of nitrogens with zero attached hydrogens (tertiary/aromatic N) is 2. The van der Waals surface area contributed by atoms with Crippen LogP contribution in [0.4, 0.5) is 0 Å². The number of ether oxygens (including phenoxy) is 1. The first-order valence-electron chi connectivity index (χ1n) is 13.3. The minimum Gasteiger partial charge on any atom is -0.465 e. The molecule has 7 nitrogen and oxygen atoms in total. The smallest absolute Gasteiger partial charge is 0.311 e. The number of hydrogen-bond donors (Lipinski definition) is 1. The maximum absolute atomic E-state index is 14.1.